The van der Waals surface area contributed by atoms with Gasteiger partial charge in [0.15, 0.2) is 0 Å². The third-order valence-corrected chi connectivity index (χ3v) is 3.91. The Hall–Kier alpha value is -0.740. The molecule has 0 bridgehead atoms. The summed E-state index contributed by atoms with van der Waals surface area (Å²) in [6.45, 7) is 6.18. The van der Waals surface area contributed by atoms with Crippen molar-refractivity contribution in [3.8, 4) is 0 Å². The predicted molar refractivity (Wildman–Crippen MR) is 82.0 cm³/mol. The first-order valence-corrected chi connectivity index (χ1v) is 7.39. The Morgan fingerprint density at radius 3 is 2.19 bits per heavy atom. The summed E-state index contributed by atoms with van der Waals surface area (Å²) in [5, 5.41) is 0. The summed E-state index contributed by atoms with van der Waals surface area (Å²) < 4.78 is 39.1. The fourth-order valence-corrected chi connectivity index (χ4v) is 3.02. The van der Waals surface area contributed by atoms with E-state index in [1.807, 2.05) is 0 Å². The first-order chi connectivity index (χ1) is 9.49. The molecule has 120 valence electrons. The minimum absolute atomic E-state index is 0. The summed E-state index contributed by atoms with van der Waals surface area (Å²) in [5.41, 5.74) is 0.0163. The van der Waals surface area contributed by atoms with Crippen LogP contribution in [0.4, 0.5) is 13.2 Å². The summed E-state index contributed by atoms with van der Waals surface area (Å²) >= 11 is 0. The van der Waals surface area contributed by atoms with Crippen LogP contribution in [-0.4, -0.2) is 24.0 Å². The van der Waals surface area contributed by atoms with E-state index < -0.39 is 11.7 Å². The molecule has 2 atom stereocenters. The molecule has 1 aliphatic carbocycles. The van der Waals surface area contributed by atoms with Gasteiger partial charge in [0.1, 0.15) is 0 Å². The zero-order valence-corrected chi connectivity index (χ0v) is 13.3. The van der Waals surface area contributed by atoms with E-state index in [0.717, 1.165) is 32.4 Å². The molecule has 2 rings (SSSR count). The largest absolute Gasteiger partial charge is 0.416 e. The normalized spacial score (nSPS) is 21.2. The van der Waals surface area contributed by atoms with Crippen LogP contribution in [0.2, 0.25) is 0 Å². The second-order valence-corrected chi connectivity index (χ2v) is 5.53. The van der Waals surface area contributed by atoms with Gasteiger partial charge >= 0.3 is 6.18 Å². The van der Waals surface area contributed by atoms with Crippen LogP contribution in [0.5, 0.6) is 0 Å². The van der Waals surface area contributed by atoms with Crippen LogP contribution in [-0.2, 0) is 6.18 Å². The van der Waals surface area contributed by atoms with Crippen molar-refractivity contribution < 1.29 is 13.2 Å². The van der Waals surface area contributed by atoms with Crippen molar-refractivity contribution in [1.82, 2.24) is 4.90 Å². The van der Waals surface area contributed by atoms with Crippen LogP contribution in [0.15, 0.2) is 24.3 Å². The monoisotopic (exact) mass is 321 g/mol. The Balaban J connectivity index is 0.00000220. The van der Waals surface area contributed by atoms with Gasteiger partial charge in [-0.15, -0.1) is 12.4 Å². The van der Waals surface area contributed by atoms with Crippen LogP contribution >= 0.6 is 12.4 Å². The van der Waals surface area contributed by atoms with Crippen LogP contribution in [0.3, 0.4) is 0 Å². The lowest BCUT2D eigenvalue weighted by Gasteiger charge is -2.22. The second-order valence-electron chi connectivity index (χ2n) is 5.53. The minimum atomic E-state index is -4.25. The second kappa shape index (κ2) is 7.50. The molecule has 0 spiro atoms. The lowest BCUT2D eigenvalue weighted by atomic mass is 10.0. The molecule has 0 heterocycles. The Morgan fingerprint density at radius 1 is 1.10 bits per heavy atom. The molecule has 21 heavy (non-hydrogen) atoms. The van der Waals surface area contributed by atoms with Gasteiger partial charge in [0.05, 0.1) is 5.56 Å². The van der Waals surface area contributed by atoms with Crippen LogP contribution in [0.1, 0.15) is 50.2 Å². The van der Waals surface area contributed by atoms with E-state index in [4.69, 9.17) is 0 Å². The fourth-order valence-electron chi connectivity index (χ4n) is 3.02. The maximum Gasteiger partial charge on any atom is 0.416 e. The van der Waals surface area contributed by atoms with Crippen molar-refractivity contribution in [2.24, 2.45) is 0 Å². The van der Waals surface area contributed by atoms with Gasteiger partial charge in [0, 0.05) is 12.0 Å². The number of alkyl halides is 3. The summed E-state index contributed by atoms with van der Waals surface area (Å²) in [7, 11) is 0. The van der Waals surface area contributed by atoms with E-state index in [1.54, 1.807) is 12.1 Å². The molecule has 0 saturated heterocycles. The van der Waals surface area contributed by atoms with E-state index in [9.17, 15) is 13.2 Å². The van der Waals surface area contributed by atoms with Crippen LogP contribution in [0.25, 0.3) is 0 Å². The maximum atomic E-state index is 13.0. The number of hydrogen-bond acceptors (Lipinski definition) is 1. The molecule has 0 aromatic heterocycles. The number of hydrogen-bond donors (Lipinski definition) is 0. The van der Waals surface area contributed by atoms with Gasteiger partial charge < -0.3 is 0 Å². The third kappa shape index (κ3) is 4.36. The molecular weight excluding hydrogens is 299 g/mol. The average Bonchev–Trinajstić information content (AvgIpc) is 3.17. The van der Waals surface area contributed by atoms with Crippen molar-refractivity contribution in [2.75, 3.05) is 13.1 Å². The molecule has 1 aliphatic rings. The lowest BCUT2D eigenvalue weighted by molar-refractivity contribution is -0.138. The molecule has 5 heteroatoms. The first kappa shape index (κ1) is 18.3. The zero-order valence-electron chi connectivity index (χ0n) is 12.5. The molecule has 1 fully saturated rings. The minimum Gasteiger partial charge on any atom is -0.300 e. The first-order valence-electron chi connectivity index (χ1n) is 7.39. The lowest BCUT2D eigenvalue weighted by Crippen LogP contribution is -2.29. The Kier molecular flexibility index (Phi) is 6.54. The predicted octanol–water partition coefficient (Wildman–Crippen LogP) is 5.11. The molecule has 0 aliphatic heterocycles. The highest BCUT2D eigenvalue weighted by Gasteiger charge is 2.46. The quantitative estimate of drug-likeness (QED) is 0.704. The third-order valence-electron chi connectivity index (χ3n) is 3.91. The summed E-state index contributed by atoms with van der Waals surface area (Å²) in [4.78, 5) is 2.35. The van der Waals surface area contributed by atoms with Crippen LogP contribution in [0, 0.1) is 0 Å². The topological polar surface area (TPSA) is 3.24 Å². The number of benzene rings is 1. The molecular formula is C16H23ClF3N. The smallest absolute Gasteiger partial charge is 0.300 e. The maximum absolute atomic E-state index is 13.0. The Bertz CT molecular complexity index is 441. The van der Waals surface area contributed by atoms with E-state index in [0.29, 0.717) is 11.6 Å². The van der Waals surface area contributed by atoms with Crippen LogP contribution < -0.4 is 0 Å². The van der Waals surface area contributed by atoms with E-state index in [1.165, 1.54) is 12.1 Å². The van der Waals surface area contributed by atoms with E-state index in [2.05, 4.69) is 18.7 Å². The summed E-state index contributed by atoms with van der Waals surface area (Å²) in [6.07, 6.45) is -1.30. The number of halogens is 4. The Morgan fingerprint density at radius 2 is 1.67 bits per heavy atom. The standard InChI is InChI=1S/C16H22F3N.ClH/c1-3-9-20(10-4-2)15-11-13(15)12-7-5-6-8-14(12)16(17,18)19;/h5-8,13,15H,3-4,9-11H2,1-2H3;1H. The molecule has 1 aromatic rings. The number of nitrogens with zero attached hydrogens (tertiary/aromatic N) is 1. The molecule has 1 aromatic carbocycles. The van der Waals surface area contributed by atoms with Gasteiger partial charge in [-0.2, -0.15) is 13.2 Å². The molecule has 2 unspecified atom stereocenters. The van der Waals surface area contributed by atoms with Gasteiger partial charge in [0.2, 0.25) is 0 Å². The van der Waals surface area contributed by atoms with Crippen molar-refractivity contribution in [1.29, 1.82) is 0 Å². The molecule has 1 saturated carbocycles. The van der Waals surface area contributed by atoms with E-state index in [-0.39, 0.29) is 18.3 Å². The van der Waals surface area contributed by atoms with Gasteiger partial charge in [-0.1, -0.05) is 32.0 Å². The van der Waals surface area contributed by atoms with Crippen molar-refractivity contribution in [3.05, 3.63) is 35.4 Å². The van der Waals surface area contributed by atoms with Gasteiger partial charge in [-0.3, -0.25) is 4.90 Å². The van der Waals surface area contributed by atoms with Crippen molar-refractivity contribution in [3.63, 3.8) is 0 Å². The molecule has 1 nitrogen and oxygen atoms in total. The molecule has 0 N–H and O–H groups in total. The van der Waals surface area contributed by atoms with Crippen molar-refractivity contribution in [2.45, 2.75) is 51.2 Å². The summed E-state index contributed by atoms with van der Waals surface area (Å²) in [5.74, 6) is 0.0472. The fraction of sp³-hybridized carbons (Fsp3) is 0.625. The Labute approximate surface area is 130 Å². The van der Waals surface area contributed by atoms with Gasteiger partial charge in [0.25, 0.3) is 0 Å². The summed E-state index contributed by atoms with van der Waals surface area (Å²) in [6, 6.07) is 6.32. The highest BCUT2D eigenvalue weighted by atomic mass is 35.5. The molecule has 0 radical (unpaired) electrons. The zero-order chi connectivity index (χ0) is 14.8. The average molecular weight is 322 g/mol. The van der Waals surface area contributed by atoms with Gasteiger partial charge in [-0.05, 0) is 44.0 Å². The highest BCUT2D eigenvalue weighted by Crippen LogP contribution is 2.48. The highest BCUT2D eigenvalue weighted by molar-refractivity contribution is 5.85. The molecule has 0 amide bonds. The SMILES string of the molecule is CCCN(CCC)C1CC1c1ccccc1C(F)(F)F.Cl. The van der Waals surface area contributed by atoms with Crippen molar-refractivity contribution >= 4 is 12.4 Å². The van der Waals surface area contributed by atoms with Gasteiger partial charge in [-0.25, -0.2) is 0 Å². The van der Waals surface area contributed by atoms with E-state index >= 15 is 0 Å². The number of rotatable bonds is 6.